The van der Waals surface area contributed by atoms with E-state index in [0.29, 0.717) is 12.2 Å². The van der Waals surface area contributed by atoms with Crippen LogP contribution in [0.2, 0.25) is 0 Å². The monoisotopic (exact) mass is 342 g/mol. The third kappa shape index (κ3) is 3.48. The fourth-order valence-corrected chi connectivity index (χ4v) is 2.86. The Hall–Kier alpha value is -2.61. The second-order valence-electron chi connectivity index (χ2n) is 5.10. The number of urea groups is 1. The van der Waals surface area contributed by atoms with Crippen molar-refractivity contribution >= 4 is 29.4 Å². The number of nitrogens with one attached hydrogen (secondary N) is 2. The molecule has 3 aromatic heterocycles. The third-order valence-corrected chi connectivity index (χ3v) is 3.95. The van der Waals surface area contributed by atoms with Gasteiger partial charge in [-0.15, -0.1) is 5.10 Å². The van der Waals surface area contributed by atoms with Gasteiger partial charge in [0.15, 0.2) is 5.65 Å². The highest BCUT2D eigenvalue weighted by atomic mass is 32.2. The first-order valence-electron chi connectivity index (χ1n) is 7.55. The number of thioether (sulfide) groups is 1. The van der Waals surface area contributed by atoms with Crippen molar-refractivity contribution in [2.45, 2.75) is 12.7 Å². The van der Waals surface area contributed by atoms with Crippen LogP contribution in [-0.4, -0.2) is 38.4 Å². The highest BCUT2D eigenvalue weighted by molar-refractivity contribution is 7.97. The maximum absolute atomic E-state index is 11.7. The Bertz CT molecular complexity index is 848. The number of aromatic nitrogens is 4. The SMILES string of the molecule is CCNC(=O)Nc1nc2cc(-c3cccnc3)cc(CSC)n2n1. The summed E-state index contributed by atoms with van der Waals surface area (Å²) in [6.45, 7) is 2.40. The standard InChI is InChI=1S/C16H18N6OS/c1-3-18-16(23)20-15-19-14-8-12(11-5-4-6-17-9-11)7-13(10-24-2)22(14)21-15/h4-9H,3,10H2,1-2H3,(H2,18,20,21,23). The lowest BCUT2D eigenvalue weighted by Crippen LogP contribution is -2.28. The van der Waals surface area contributed by atoms with Crippen LogP contribution in [-0.2, 0) is 5.75 Å². The van der Waals surface area contributed by atoms with Crippen molar-refractivity contribution in [1.29, 1.82) is 0 Å². The Morgan fingerprint density at radius 3 is 2.92 bits per heavy atom. The van der Waals surface area contributed by atoms with Crippen LogP contribution in [0, 0.1) is 0 Å². The molecule has 0 aliphatic carbocycles. The predicted octanol–water partition coefficient (Wildman–Crippen LogP) is 2.80. The number of hydrogen-bond acceptors (Lipinski definition) is 5. The van der Waals surface area contributed by atoms with Crippen molar-refractivity contribution in [2.24, 2.45) is 0 Å². The fraction of sp³-hybridized carbons (Fsp3) is 0.250. The number of anilines is 1. The van der Waals surface area contributed by atoms with Crippen LogP contribution in [0.3, 0.4) is 0 Å². The molecule has 7 nitrogen and oxygen atoms in total. The molecule has 0 radical (unpaired) electrons. The van der Waals surface area contributed by atoms with Crippen molar-refractivity contribution in [1.82, 2.24) is 24.9 Å². The molecule has 0 aromatic carbocycles. The number of nitrogens with zero attached hydrogens (tertiary/aromatic N) is 4. The molecule has 0 atom stereocenters. The lowest BCUT2D eigenvalue weighted by molar-refractivity contribution is 0.252. The first-order valence-corrected chi connectivity index (χ1v) is 8.94. The van der Waals surface area contributed by atoms with Gasteiger partial charge < -0.3 is 5.32 Å². The summed E-state index contributed by atoms with van der Waals surface area (Å²) >= 11 is 1.70. The second-order valence-corrected chi connectivity index (χ2v) is 5.97. The molecule has 0 spiro atoms. The largest absolute Gasteiger partial charge is 0.338 e. The van der Waals surface area contributed by atoms with Gasteiger partial charge in [0.1, 0.15) is 0 Å². The average Bonchev–Trinajstić information content (AvgIpc) is 2.98. The topological polar surface area (TPSA) is 84.2 Å². The zero-order valence-corrected chi connectivity index (χ0v) is 14.3. The average molecular weight is 342 g/mol. The minimum absolute atomic E-state index is 0.284. The van der Waals surface area contributed by atoms with Gasteiger partial charge >= 0.3 is 6.03 Å². The molecule has 24 heavy (non-hydrogen) atoms. The van der Waals surface area contributed by atoms with Crippen LogP contribution >= 0.6 is 11.8 Å². The van der Waals surface area contributed by atoms with E-state index in [4.69, 9.17) is 0 Å². The lowest BCUT2D eigenvalue weighted by atomic mass is 10.1. The Morgan fingerprint density at radius 2 is 2.21 bits per heavy atom. The van der Waals surface area contributed by atoms with Crippen LogP contribution in [0.5, 0.6) is 0 Å². The molecule has 0 aliphatic heterocycles. The van der Waals surface area contributed by atoms with Gasteiger partial charge in [-0.05, 0) is 36.9 Å². The molecule has 3 heterocycles. The summed E-state index contributed by atoms with van der Waals surface area (Å²) in [5.74, 6) is 1.07. The molecule has 8 heteroatoms. The second kappa shape index (κ2) is 7.31. The van der Waals surface area contributed by atoms with Crippen molar-refractivity contribution in [3.63, 3.8) is 0 Å². The molecule has 124 valence electrons. The molecule has 0 bridgehead atoms. The van der Waals surface area contributed by atoms with Gasteiger partial charge in [-0.1, -0.05) is 6.07 Å². The van der Waals surface area contributed by atoms with E-state index in [0.717, 1.165) is 22.6 Å². The number of carbonyl (C=O) groups is 1. The molecule has 3 aromatic rings. The molecule has 3 rings (SSSR count). The number of carbonyl (C=O) groups excluding carboxylic acids is 1. The summed E-state index contributed by atoms with van der Waals surface area (Å²) in [6, 6.07) is 7.61. The van der Waals surface area contributed by atoms with Gasteiger partial charge in [-0.2, -0.15) is 16.7 Å². The van der Waals surface area contributed by atoms with E-state index < -0.39 is 0 Å². The summed E-state index contributed by atoms with van der Waals surface area (Å²) in [5.41, 5.74) is 3.74. The van der Waals surface area contributed by atoms with E-state index in [9.17, 15) is 4.79 Å². The molecule has 0 saturated heterocycles. The first-order chi connectivity index (χ1) is 11.7. The normalized spacial score (nSPS) is 10.8. The van der Waals surface area contributed by atoms with E-state index in [-0.39, 0.29) is 12.0 Å². The van der Waals surface area contributed by atoms with E-state index in [1.807, 2.05) is 37.6 Å². The van der Waals surface area contributed by atoms with Gasteiger partial charge in [-0.3, -0.25) is 10.3 Å². The summed E-state index contributed by atoms with van der Waals surface area (Å²) in [7, 11) is 0. The van der Waals surface area contributed by atoms with Crippen molar-refractivity contribution in [3.05, 3.63) is 42.4 Å². The van der Waals surface area contributed by atoms with E-state index in [2.05, 4.69) is 31.8 Å². The van der Waals surface area contributed by atoms with Crippen molar-refractivity contribution < 1.29 is 4.79 Å². The number of hydrogen-bond donors (Lipinski definition) is 2. The highest BCUT2D eigenvalue weighted by Gasteiger charge is 2.12. The summed E-state index contributed by atoms with van der Waals surface area (Å²) in [6.07, 6.45) is 5.60. The van der Waals surface area contributed by atoms with Crippen molar-refractivity contribution in [3.8, 4) is 11.1 Å². The van der Waals surface area contributed by atoms with E-state index in [1.54, 1.807) is 22.5 Å². The zero-order valence-electron chi connectivity index (χ0n) is 13.5. The molecule has 0 fully saturated rings. The predicted molar refractivity (Wildman–Crippen MR) is 96.1 cm³/mol. The molecular formula is C16H18N6OS. The maximum Gasteiger partial charge on any atom is 0.321 e. The molecule has 0 unspecified atom stereocenters. The van der Waals surface area contributed by atoms with Crippen LogP contribution in [0.4, 0.5) is 10.7 Å². The Morgan fingerprint density at radius 1 is 1.33 bits per heavy atom. The van der Waals surface area contributed by atoms with E-state index in [1.165, 1.54) is 0 Å². The number of fused-ring (bicyclic) bond motifs is 1. The minimum atomic E-state index is -0.313. The lowest BCUT2D eigenvalue weighted by Gasteiger charge is -2.06. The smallest absolute Gasteiger partial charge is 0.321 e. The summed E-state index contributed by atoms with van der Waals surface area (Å²) < 4.78 is 1.76. The van der Waals surface area contributed by atoms with Gasteiger partial charge in [-0.25, -0.2) is 9.31 Å². The summed E-state index contributed by atoms with van der Waals surface area (Å²) in [4.78, 5) is 20.2. The number of rotatable bonds is 5. The molecule has 2 N–H and O–H groups in total. The van der Waals surface area contributed by atoms with E-state index >= 15 is 0 Å². The van der Waals surface area contributed by atoms with Crippen LogP contribution in [0.15, 0.2) is 36.7 Å². The maximum atomic E-state index is 11.7. The van der Waals surface area contributed by atoms with Crippen molar-refractivity contribution in [2.75, 3.05) is 18.1 Å². The number of pyridine rings is 2. The van der Waals surface area contributed by atoms with Gasteiger partial charge in [0.05, 0.1) is 5.69 Å². The van der Waals surface area contributed by atoms with Crippen LogP contribution in [0.25, 0.3) is 16.8 Å². The van der Waals surface area contributed by atoms with Crippen LogP contribution in [0.1, 0.15) is 12.6 Å². The summed E-state index contributed by atoms with van der Waals surface area (Å²) in [5, 5.41) is 9.71. The molecule has 2 amide bonds. The minimum Gasteiger partial charge on any atom is -0.338 e. The Balaban J connectivity index is 2.03. The number of amides is 2. The third-order valence-electron chi connectivity index (χ3n) is 3.36. The van der Waals surface area contributed by atoms with Gasteiger partial charge in [0.2, 0.25) is 0 Å². The molecule has 0 aliphatic rings. The molecule has 0 saturated carbocycles. The quantitative estimate of drug-likeness (QED) is 0.745. The van der Waals surface area contributed by atoms with Crippen LogP contribution < -0.4 is 10.6 Å². The Kier molecular flexibility index (Phi) is 4.95. The first kappa shape index (κ1) is 16.3. The highest BCUT2D eigenvalue weighted by Crippen LogP contribution is 2.24. The van der Waals surface area contributed by atoms with Gasteiger partial charge in [0, 0.05) is 30.3 Å². The zero-order chi connectivity index (χ0) is 16.9. The fourth-order valence-electron chi connectivity index (χ4n) is 2.36. The van der Waals surface area contributed by atoms with Gasteiger partial charge in [0.25, 0.3) is 5.95 Å². The molecular weight excluding hydrogens is 324 g/mol. The Labute approximate surface area is 143 Å².